The summed E-state index contributed by atoms with van der Waals surface area (Å²) in [5.41, 5.74) is 4.37. The first kappa shape index (κ1) is 23.7. The van der Waals surface area contributed by atoms with Gasteiger partial charge >= 0.3 is 0 Å². The highest BCUT2D eigenvalue weighted by Crippen LogP contribution is 2.29. The molecule has 0 saturated carbocycles. The van der Waals surface area contributed by atoms with Crippen molar-refractivity contribution >= 4 is 22.7 Å². The second kappa shape index (κ2) is 10.2. The molecule has 0 aliphatic carbocycles. The molecule has 3 aromatic rings. The van der Waals surface area contributed by atoms with Crippen molar-refractivity contribution in [3.8, 4) is 5.75 Å². The van der Waals surface area contributed by atoms with Crippen LogP contribution in [0, 0.1) is 6.92 Å². The summed E-state index contributed by atoms with van der Waals surface area (Å²) < 4.78 is 6.19. The largest absolute Gasteiger partial charge is 0.486 e. The van der Waals surface area contributed by atoms with Gasteiger partial charge in [-0.1, -0.05) is 18.2 Å². The summed E-state index contributed by atoms with van der Waals surface area (Å²) in [7, 11) is 0. The number of para-hydroxylation sites is 1. The summed E-state index contributed by atoms with van der Waals surface area (Å²) in [5, 5.41) is 16.3. The minimum atomic E-state index is -0.695. The Hall–Kier alpha value is -3.49. The number of hydroxylamine groups is 1. The summed E-state index contributed by atoms with van der Waals surface area (Å²) in [5.74, 6) is -0.124. The molecule has 0 spiro atoms. The van der Waals surface area contributed by atoms with Crippen LogP contribution < -0.4 is 20.9 Å². The molecule has 4 N–H and O–H groups in total. The number of aromatic nitrogens is 1. The number of amides is 2. The van der Waals surface area contributed by atoms with E-state index in [-0.39, 0.29) is 18.4 Å². The smallest absolute Gasteiger partial charge is 0.251 e. The van der Waals surface area contributed by atoms with Crippen LogP contribution in [0.1, 0.15) is 53.9 Å². The van der Waals surface area contributed by atoms with E-state index in [2.05, 4.69) is 15.6 Å². The number of fused-ring (bicyclic) bond motifs is 1. The molecule has 2 heterocycles. The number of pyridine rings is 1. The average molecular weight is 463 g/mol. The van der Waals surface area contributed by atoms with E-state index in [1.54, 1.807) is 29.7 Å². The van der Waals surface area contributed by atoms with Gasteiger partial charge in [-0.3, -0.25) is 19.8 Å². The molecule has 1 fully saturated rings. The van der Waals surface area contributed by atoms with Gasteiger partial charge in [0.1, 0.15) is 11.9 Å². The van der Waals surface area contributed by atoms with Gasteiger partial charge < -0.3 is 15.4 Å². The van der Waals surface area contributed by atoms with Gasteiger partial charge in [0.2, 0.25) is 5.91 Å². The number of carbonyl (C=O) groups is 2. The van der Waals surface area contributed by atoms with Crippen molar-refractivity contribution in [3.05, 3.63) is 71.4 Å². The van der Waals surface area contributed by atoms with Gasteiger partial charge in [-0.15, -0.1) is 0 Å². The predicted molar refractivity (Wildman–Crippen MR) is 129 cm³/mol. The highest BCUT2D eigenvalue weighted by Gasteiger charge is 2.36. The van der Waals surface area contributed by atoms with Gasteiger partial charge in [-0.2, -0.15) is 0 Å². The van der Waals surface area contributed by atoms with Crippen LogP contribution in [0.5, 0.6) is 5.75 Å². The number of rotatable bonds is 7. The van der Waals surface area contributed by atoms with E-state index in [1.165, 1.54) is 0 Å². The van der Waals surface area contributed by atoms with Crippen LogP contribution >= 0.6 is 0 Å². The molecule has 4 rings (SSSR count). The Morgan fingerprint density at radius 3 is 2.56 bits per heavy atom. The molecule has 1 atom stereocenters. The van der Waals surface area contributed by atoms with Crippen molar-refractivity contribution in [2.45, 2.75) is 44.8 Å². The first-order valence-corrected chi connectivity index (χ1v) is 11.5. The molecule has 0 radical (unpaired) electrons. The summed E-state index contributed by atoms with van der Waals surface area (Å²) in [6, 6.07) is 17.0. The molecular formula is C26H30N4O4. The maximum Gasteiger partial charge on any atom is 0.251 e. The average Bonchev–Trinajstić information content (AvgIpc) is 2.84. The lowest BCUT2D eigenvalue weighted by molar-refractivity contribution is -0.130. The molecule has 8 nitrogen and oxygen atoms in total. The molecule has 2 aromatic carbocycles. The minimum Gasteiger partial charge on any atom is -0.486 e. The molecule has 1 saturated heterocycles. The number of nitrogens with one attached hydrogen (secondary N) is 3. The van der Waals surface area contributed by atoms with E-state index in [0.717, 1.165) is 22.2 Å². The zero-order valence-electron chi connectivity index (χ0n) is 19.4. The third-order valence-electron chi connectivity index (χ3n) is 6.31. The van der Waals surface area contributed by atoms with E-state index in [1.807, 2.05) is 44.2 Å². The standard InChI is InChI=1S/C26H30N4O4/c1-17-15-22(21-5-3-4-6-23(21)28-17)18(2)34-20-9-7-19(8-10-20)25(32)29-26(16-24(31)30-33)11-13-27-14-12-26/h3-10,15,18,27,33H,11-14,16H2,1-2H3,(H,29,32)(H,30,31). The predicted octanol–water partition coefficient (Wildman–Crippen LogP) is 3.43. The Morgan fingerprint density at radius 1 is 1.15 bits per heavy atom. The minimum absolute atomic E-state index is 0.0228. The Kier molecular flexibility index (Phi) is 7.09. The highest BCUT2D eigenvalue weighted by molar-refractivity contribution is 5.95. The quantitative estimate of drug-likeness (QED) is 0.316. The van der Waals surface area contributed by atoms with E-state index in [9.17, 15) is 9.59 Å². The normalized spacial score (nSPS) is 16.0. The van der Waals surface area contributed by atoms with Crippen LogP contribution in [0.2, 0.25) is 0 Å². The first-order valence-electron chi connectivity index (χ1n) is 11.5. The Balaban J connectivity index is 1.47. The van der Waals surface area contributed by atoms with Crippen LogP contribution in [-0.4, -0.2) is 40.6 Å². The fourth-order valence-electron chi connectivity index (χ4n) is 4.54. The first-order chi connectivity index (χ1) is 16.4. The fraction of sp³-hybridized carbons (Fsp3) is 0.346. The lowest BCUT2D eigenvalue weighted by Crippen LogP contribution is -2.56. The van der Waals surface area contributed by atoms with Crippen LogP contribution in [0.3, 0.4) is 0 Å². The van der Waals surface area contributed by atoms with Crippen molar-refractivity contribution in [3.63, 3.8) is 0 Å². The Morgan fingerprint density at radius 2 is 1.85 bits per heavy atom. The Labute approximate surface area is 198 Å². The second-order valence-electron chi connectivity index (χ2n) is 8.85. The second-order valence-corrected chi connectivity index (χ2v) is 8.85. The molecule has 1 aromatic heterocycles. The van der Waals surface area contributed by atoms with Crippen LogP contribution in [0.25, 0.3) is 10.9 Å². The summed E-state index contributed by atoms with van der Waals surface area (Å²) >= 11 is 0. The van der Waals surface area contributed by atoms with Gasteiger partial charge in [0.25, 0.3) is 5.91 Å². The van der Waals surface area contributed by atoms with Crippen molar-refractivity contribution < 1.29 is 19.5 Å². The van der Waals surface area contributed by atoms with Crippen molar-refractivity contribution in [2.24, 2.45) is 0 Å². The monoisotopic (exact) mass is 462 g/mol. The van der Waals surface area contributed by atoms with Crippen molar-refractivity contribution in [2.75, 3.05) is 13.1 Å². The highest BCUT2D eigenvalue weighted by atomic mass is 16.5. The molecule has 8 heteroatoms. The van der Waals surface area contributed by atoms with Gasteiger partial charge in [-0.25, -0.2) is 5.48 Å². The number of benzene rings is 2. The molecule has 1 aliphatic heterocycles. The molecule has 1 aliphatic rings. The Bertz CT molecular complexity index is 1170. The number of nitrogens with zero attached hydrogens (tertiary/aromatic N) is 1. The van der Waals surface area contributed by atoms with Crippen LogP contribution in [0.4, 0.5) is 0 Å². The van der Waals surface area contributed by atoms with Crippen molar-refractivity contribution in [1.29, 1.82) is 0 Å². The van der Waals surface area contributed by atoms with Crippen molar-refractivity contribution in [1.82, 2.24) is 21.1 Å². The van der Waals surface area contributed by atoms with Gasteiger partial charge in [0, 0.05) is 22.2 Å². The molecule has 34 heavy (non-hydrogen) atoms. The van der Waals surface area contributed by atoms with E-state index >= 15 is 0 Å². The number of ether oxygens (including phenoxy) is 1. The summed E-state index contributed by atoms with van der Waals surface area (Å²) in [6.45, 7) is 5.34. The zero-order chi connectivity index (χ0) is 24.1. The zero-order valence-corrected chi connectivity index (χ0v) is 19.4. The SMILES string of the molecule is Cc1cc(C(C)Oc2ccc(C(=O)NC3(CC(=O)NO)CCNCC3)cc2)c2ccccc2n1. The van der Waals surface area contributed by atoms with Crippen LogP contribution in [0.15, 0.2) is 54.6 Å². The topological polar surface area (TPSA) is 113 Å². The lowest BCUT2D eigenvalue weighted by atomic mass is 9.84. The number of carbonyl (C=O) groups excluding carboxylic acids is 2. The van der Waals surface area contributed by atoms with Crippen LogP contribution in [-0.2, 0) is 4.79 Å². The summed E-state index contributed by atoms with van der Waals surface area (Å²) in [6.07, 6.45) is 1.02. The van der Waals surface area contributed by atoms with E-state index < -0.39 is 11.4 Å². The van der Waals surface area contributed by atoms with Gasteiger partial charge in [0.15, 0.2) is 0 Å². The molecule has 1 unspecified atom stereocenters. The maximum atomic E-state index is 13.0. The number of hydrogen-bond acceptors (Lipinski definition) is 6. The van der Waals surface area contributed by atoms with E-state index in [0.29, 0.717) is 37.2 Å². The number of hydrogen-bond donors (Lipinski definition) is 4. The molecule has 2 amide bonds. The third kappa shape index (κ3) is 5.35. The fourth-order valence-corrected chi connectivity index (χ4v) is 4.54. The summed E-state index contributed by atoms with van der Waals surface area (Å²) in [4.78, 5) is 29.4. The van der Waals surface area contributed by atoms with Gasteiger partial charge in [-0.05, 0) is 76.2 Å². The maximum absolute atomic E-state index is 13.0. The van der Waals surface area contributed by atoms with Gasteiger partial charge in [0.05, 0.1) is 17.5 Å². The molecule has 178 valence electrons. The lowest BCUT2D eigenvalue weighted by Gasteiger charge is -2.37. The molecule has 0 bridgehead atoms. The molecular weight excluding hydrogens is 432 g/mol. The third-order valence-corrected chi connectivity index (χ3v) is 6.31. The number of piperidine rings is 1. The number of aryl methyl sites for hydroxylation is 1. The van der Waals surface area contributed by atoms with E-state index in [4.69, 9.17) is 9.94 Å².